The average molecular weight is 253 g/mol. The Morgan fingerprint density at radius 1 is 1.28 bits per heavy atom. The van der Waals surface area contributed by atoms with Crippen molar-refractivity contribution in [1.82, 2.24) is 4.90 Å². The van der Waals surface area contributed by atoms with E-state index in [1.165, 1.54) is 38.5 Å². The minimum absolute atomic E-state index is 0.441. The molecule has 2 atom stereocenters. The summed E-state index contributed by atoms with van der Waals surface area (Å²) in [4.78, 5) is 6.48. The van der Waals surface area contributed by atoms with Crippen LogP contribution in [0.4, 0.5) is 0 Å². The van der Waals surface area contributed by atoms with Crippen molar-refractivity contribution in [1.29, 1.82) is 0 Å². The van der Waals surface area contributed by atoms with Gasteiger partial charge in [-0.2, -0.15) is 0 Å². The van der Waals surface area contributed by atoms with Crippen molar-refractivity contribution in [2.75, 3.05) is 20.2 Å². The predicted octanol–water partition coefficient (Wildman–Crippen LogP) is 1.99. The van der Waals surface area contributed by atoms with E-state index in [0.717, 1.165) is 0 Å². The highest BCUT2D eigenvalue weighted by Gasteiger charge is 2.27. The van der Waals surface area contributed by atoms with Gasteiger partial charge in [0, 0.05) is 13.1 Å². The lowest BCUT2D eigenvalue weighted by Crippen LogP contribution is -2.36. The Bertz CT molecular complexity index is 289. The molecule has 0 amide bonds. The second-order valence-electron chi connectivity index (χ2n) is 5.75. The number of nitrogens with zero attached hydrogens (tertiary/aromatic N) is 2. The maximum absolute atomic E-state index is 5.93. The summed E-state index contributed by atoms with van der Waals surface area (Å²) in [6, 6.07) is 0.632. The van der Waals surface area contributed by atoms with Gasteiger partial charge in [-0.3, -0.25) is 4.99 Å². The molecule has 2 fully saturated rings. The number of nitrogens with two attached hydrogens (primary N) is 1. The van der Waals surface area contributed by atoms with Crippen molar-refractivity contribution >= 4 is 5.96 Å². The Labute approximate surface area is 111 Å². The largest absolute Gasteiger partial charge is 0.376 e. The minimum atomic E-state index is 0.441. The van der Waals surface area contributed by atoms with Crippen LogP contribution in [0.1, 0.15) is 45.4 Å². The molecule has 0 aromatic rings. The summed E-state index contributed by atoms with van der Waals surface area (Å²) in [5.74, 6) is 1.37. The Hall–Kier alpha value is -0.770. The quantitative estimate of drug-likeness (QED) is 0.463. The van der Waals surface area contributed by atoms with Gasteiger partial charge in [0.2, 0.25) is 0 Å². The van der Waals surface area contributed by atoms with Crippen molar-refractivity contribution < 1.29 is 4.74 Å². The van der Waals surface area contributed by atoms with Crippen LogP contribution in [0.3, 0.4) is 0 Å². The van der Waals surface area contributed by atoms with E-state index in [0.29, 0.717) is 37.2 Å². The van der Waals surface area contributed by atoms with Crippen LogP contribution in [0, 0.1) is 5.92 Å². The first-order chi connectivity index (χ1) is 8.68. The fraction of sp³-hybridized carbons (Fsp3) is 0.929. The molecule has 0 unspecified atom stereocenters. The molecule has 0 saturated heterocycles. The van der Waals surface area contributed by atoms with E-state index in [-0.39, 0.29) is 0 Å². The highest BCUT2D eigenvalue weighted by atomic mass is 16.5. The third-order valence-corrected chi connectivity index (χ3v) is 4.19. The topological polar surface area (TPSA) is 50.9 Å². The first-order valence-electron chi connectivity index (χ1n) is 7.33. The number of hydrogen-bond acceptors (Lipinski definition) is 2. The summed E-state index contributed by atoms with van der Waals surface area (Å²) >= 11 is 0. The predicted molar refractivity (Wildman–Crippen MR) is 74.6 cm³/mol. The normalized spacial score (nSPS) is 29.3. The number of ether oxygens (including phenoxy) is 1. The summed E-state index contributed by atoms with van der Waals surface area (Å²) in [5, 5.41) is 0. The zero-order valence-corrected chi connectivity index (χ0v) is 11.8. The molecule has 2 aliphatic carbocycles. The Morgan fingerprint density at radius 2 is 2.00 bits per heavy atom. The lowest BCUT2D eigenvalue weighted by molar-refractivity contribution is -0.000697. The fourth-order valence-electron chi connectivity index (χ4n) is 2.65. The van der Waals surface area contributed by atoms with E-state index in [4.69, 9.17) is 10.5 Å². The van der Waals surface area contributed by atoms with Gasteiger partial charge >= 0.3 is 0 Å². The van der Waals surface area contributed by atoms with Gasteiger partial charge in [-0.1, -0.05) is 19.8 Å². The Balaban J connectivity index is 1.63. The zero-order valence-electron chi connectivity index (χ0n) is 11.8. The van der Waals surface area contributed by atoms with Gasteiger partial charge in [0.05, 0.1) is 19.3 Å². The van der Waals surface area contributed by atoms with Gasteiger partial charge in [0.15, 0.2) is 5.96 Å². The van der Waals surface area contributed by atoms with Crippen LogP contribution in [-0.2, 0) is 4.74 Å². The van der Waals surface area contributed by atoms with Crippen molar-refractivity contribution in [2.45, 2.75) is 57.6 Å². The maximum Gasteiger partial charge on any atom is 0.191 e. The van der Waals surface area contributed by atoms with Crippen molar-refractivity contribution in [2.24, 2.45) is 16.6 Å². The summed E-state index contributed by atoms with van der Waals surface area (Å²) in [6.07, 6.45) is 8.13. The van der Waals surface area contributed by atoms with Crippen molar-refractivity contribution in [3.8, 4) is 0 Å². The van der Waals surface area contributed by atoms with Gasteiger partial charge in [-0.25, -0.2) is 0 Å². The van der Waals surface area contributed by atoms with E-state index in [1.54, 1.807) is 0 Å². The molecule has 0 aromatic carbocycles. The van der Waals surface area contributed by atoms with Gasteiger partial charge < -0.3 is 15.4 Å². The smallest absolute Gasteiger partial charge is 0.191 e. The van der Waals surface area contributed by atoms with Gasteiger partial charge in [-0.15, -0.1) is 0 Å². The molecule has 2 N–H and O–H groups in total. The molecule has 2 rings (SSSR count). The summed E-state index contributed by atoms with van der Waals surface area (Å²) in [5.41, 5.74) is 5.93. The Morgan fingerprint density at radius 3 is 2.67 bits per heavy atom. The third kappa shape index (κ3) is 3.87. The number of aliphatic imine (C=N–C) groups is 1. The highest BCUT2D eigenvalue weighted by molar-refractivity contribution is 5.78. The van der Waals surface area contributed by atoms with Crippen LogP contribution in [0.5, 0.6) is 0 Å². The molecule has 4 heteroatoms. The highest BCUT2D eigenvalue weighted by Crippen LogP contribution is 2.26. The van der Waals surface area contributed by atoms with Crippen LogP contribution in [0.2, 0.25) is 0 Å². The SMILES string of the molecule is C[C@H]1CCCC[C@H]1OCCN=C(N)N(C)C1CC1. The number of rotatable bonds is 5. The van der Waals surface area contributed by atoms with Gasteiger partial charge in [0.25, 0.3) is 0 Å². The van der Waals surface area contributed by atoms with Crippen molar-refractivity contribution in [3.05, 3.63) is 0 Å². The van der Waals surface area contributed by atoms with Crippen LogP contribution in [0.25, 0.3) is 0 Å². The van der Waals surface area contributed by atoms with Crippen molar-refractivity contribution in [3.63, 3.8) is 0 Å². The maximum atomic E-state index is 5.93. The Kier molecular flexibility index (Phi) is 4.87. The lowest BCUT2D eigenvalue weighted by Gasteiger charge is -2.28. The summed E-state index contributed by atoms with van der Waals surface area (Å²) < 4.78 is 5.92. The zero-order chi connectivity index (χ0) is 13.0. The lowest BCUT2D eigenvalue weighted by atomic mass is 9.88. The van der Waals surface area contributed by atoms with E-state index < -0.39 is 0 Å². The molecular formula is C14H27N3O. The molecule has 0 spiro atoms. The summed E-state index contributed by atoms with van der Waals surface area (Å²) in [7, 11) is 2.03. The molecule has 4 nitrogen and oxygen atoms in total. The molecule has 0 heterocycles. The molecule has 0 radical (unpaired) electrons. The van der Waals surface area contributed by atoms with Gasteiger partial charge in [-0.05, 0) is 31.6 Å². The molecule has 2 saturated carbocycles. The molecular weight excluding hydrogens is 226 g/mol. The molecule has 18 heavy (non-hydrogen) atoms. The average Bonchev–Trinajstić information content (AvgIpc) is 3.19. The molecule has 0 aliphatic heterocycles. The monoisotopic (exact) mass is 253 g/mol. The second-order valence-corrected chi connectivity index (χ2v) is 5.75. The fourth-order valence-corrected chi connectivity index (χ4v) is 2.65. The standard InChI is InChI=1S/C14H27N3O/c1-11-5-3-4-6-13(11)18-10-9-16-14(15)17(2)12-7-8-12/h11-13H,3-10H2,1-2H3,(H2,15,16)/t11-,13+/m0/s1. The number of guanidine groups is 1. The minimum Gasteiger partial charge on any atom is -0.376 e. The molecule has 0 bridgehead atoms. The first-order valence-corrected chi connectivity index (χ1v) is 7.33. The third-order valence-electron chi connectivity index (χ3n) is 4.19. The second kappa shape index (κ2) is 6.41. The number of hydrogen-bond donors (Lipinski definition) is 1. The van der Waals surface area contributed by atoms with E-state index >= 15 is 0 Å². The van der Waals surface area contributed by atoms with Crippen LogP contribution in [0.15, 0.2) is 4.99 Å². The molecule has 0 aromatic heterocycles. The summed E-state index contributed by atoms with van der Waals surface area (Å²) in [6.45, 7) is 3.68. The van der Waals surface area contributed by atoms with Crippen LogP contribution < -0.4 is 5.73 Å². The van der Waals surface area contributed by atoms with E-state index in [2.05, 4.69) is 16.8 Å². The molecule has 2 aliphatic rings. The van der Waals surface area contributed by atoms with E-state index in [9.17, 15) is 0 Å². The molecule has 104 valence electrons. The first kappa shape index (κ1) is 13.7. The van der Waals surface area contributed by atoms with E-state index in [1.807, 2.05) is 7.05 Å². The van der Waals surface area contributed by atoms with Crippen LogP contribution >= 0.6 is 0 Å². The van der Waals surface area contributed by atoms with Crippen LogP contribution in [-0.4, -0.2) is 43.2 Å². The van der Waals surface area contributed by atoms with Gasteiger partial charge in [0.1, 0.15) is 0 Å².